The Bertz CT molecular complexity index is 498. The fourth-order valence-corrected chi connectivity index (χ4v) is 2.24. The summed E-state index contributed by atoms with van der Waals surface area (Å²) in [4.78, 5) is 31.5. The van der Waals surface area contributed by atoms with E-state index in [2.05, 4.69) is 15.3 Å². The van der Waals surface area contributed by atoms with Crippen LogP contribution in [0.1, 0.15) is 12.8 Å². The van der Waals surface area contributed by atoms with Crippen LogP contribution in [-0.2, 0) is 4.79 Å². The fraction of sp³-hybridized carbons (Fsp3) is 0.545. The average molecular weight is 251 g/mol. The number of nitrogens with one attached hydrogen (secondary N) is 2. The van der Waals surface area contributed by atoms with Crippen molar-refractivity contribution in [2.24, 2.45) is 5.92 Å². The molecule has 98 valence electrons. The molecule has 4 N–H and O–H groups in total. The zero-order valence-electron chi connectivity index (χ0n) is 10.3. The number of amides is 1. The minimum absolute atomic E-state index is 0.0168. The number of anilines is 2. The molecule has 1 atom stereocenters. The average Bonchev–Trinajstić information content (AvgIpc) is 2.41. The minimum Gasteiger partial charge on any atom is -0.391 e. The maximum Gasteiger partial charge on any atom is 0.276 e. The third kappa shape index (κ3) is 2.29. The van der Waals surface area contributed by atoms with Crippen molar-refractivity contribution >= 4 is 17.4 Å². The predicted molar refractivity (Wildman–Crippen MR) is 68.3 cm³/mol. The number of carbonyl (C=O) groups excluding carboxylic acids is 1. The van der Waals surface area contributed by atoms with E-state index in [1.165, 1.54) is 6.33 Å². The predicted octanol–water partition coefficient (Wildman–Crippen LogP) is -0.685. The summed E-state index contributed by atoms with van der Waals surface area (Å²) < 4.78 is 0. The van der Waals surface area contributed by atoms with Gasteiger partial charge >= 0.3 is 0 Å². The molecule has 0 bridgehead atoms. The van der Waals surface area contributed by atoms with Crippen LogP contribution in [0.15, 0.2) is 11.1 Å². The van der Waals surface area contributed by atoms with E-state index in [1.807, 2.05) is 4.90 Å². The Morgan fingerprint density at radius 1 is 1.67 bits per heavy atom. The second-order valence-corrected chi connectivity index (χ2v) is 4.37. The molecule has 1 saturated heterocycles. The zero-order valence-corrected chi connectivity index (χ0v) is 10.3. The van der Waals surface area contributed by atoms with Crippen molar-refractivity contribution < 1.29 is 4.79 Å². The fourth-order valence-electron chi connectivity index (χ4n) is 2.24. The summed E-state index contributed by atoms with van der Waals surface area (Å²) in [5, 5.41) is 2.65. The van der Waals surface area contributed by atoms with Crippen molar-refractivity contribution in [2.75, 3.05) is 30.8 Å². The van der Waals surface area contributed by atoms with E-state index in [4.69, 9.17) is 5.73 Å². The van der Waals surface area contributed by atoms with Crippen LogP contribution in [0.4, 0.5) is 11.5 Å². The van der Waals surface area contributed by atoms with E-state index in [1.54, 1.807) is 7.05 Å². The Hall–Kier alpha value is -2.05. The van der Waals surface area contributed by atoms with Gasteiger partial charge in [0.1, 0.15) is 5.69 Å². The van der Waals surface area contributed by atoms with Crippen LogP contribution in [0.2, 0.25) is 0 Å². The summed E-state index contributed by atoms with van der Waals surface area (Å²) in [5.41, 5.74) is 5.48. The first-order valence-corrected chi connectivity index (χ1v) is 5.93. The van der Waals surface area contributed by atoms with E-state index in [0.717, 1.165) is 19.4 Å². The van der Waals surface area contributed by atoms with E-state index in [9.17, 15) is 9.59 Å². The van der Waals surface area contributed by atoms with E-state index < -0.39 is 0 Å². The van der Waals surface area contributed by atoms with Gasteiger partial charge in [0.05, 0.1) is 12.2 Å². The van der Waals surface area contributed by atoms with Gasteiger partial charge in [-0.1, -0.05) is 0 Å². The number of aromatic nitrogens is 2. The van der Waals surface area contributed by atoms with Gasteiger partial charge in [0, 0.05) is 20.1 Å². The number of carbonyl (C=O) groups is 1. The standard InChI is InChI=1S/C11H17N5O2/c1-13-10(17)7-3-2-4-16(5-7)9-8(12)11(18)15-6-14-9/h6-7H,2-5,12H2,1H3,(H,13,17)(H,14,15,18). The van der Waals surface area contributed by atoms with Gasteiger partial charge in [-0.2, -0.15) is 0 Å². The molecule has 1 aliphatic rings. The lowest BCUT2D eigenvalue weighted by Crippen LogP contribution is -2.43. The second-order valence-electron chi connectivity index (χ2n) is 4.37. The number of rotatable bonds is 2. The van der Waals surface area contributed by atoms with Gasteiger partial charge in [-0.05, 0) is 12.8 Å². The van der Waals surface area contributed by atoms with Crippen LogP contribution in [0.3, 0.4) is 0 Å². The summed E-state index contributed by atoms with van der Waals surface area (Å²) in [7, 11) is 1.63. The molecule has 1 aromatic heterocycles. The topological polar surface area (TPSA) is 104 Å². The van der Waals surface area contributed by atoms with Crippen molar-refractivity contribution in [1.82, 2.24) is 15.3 Å². The number of nitrogen functional groups attached to an aromatic ring is 1. The molecule has 0 spiro atoms. The van der Waals surface area contributed by atoms with Gasteiger partial charge in [-0.3, -0.25) is 9.59 Å². The summed E-state index contributed by atoms with van der Waals surface area (Å²) in [6.07, 6.45) is 3.06. The maximum atomic E-state index is 11.6. The molecule has 0 aliphatic carbocycles. The summed E-state index contributed by atoms with van der Waals surface area (Å²) >= 11 is 0. The first kappa shape index (κ1) is 12.4. The third-order valence-corrected chi connectivity index (χ3v) is 3.21. The molecule has 0 aromatic carbocycles. The molecular formula is C11H17N5O2. The van der Waals surface area contributed by atoms with Crippen LogP contribution >= 0.6 is 0 Å². The number of nitrogens with two attached hydrogens (primary N) is 1. The first-order valence-electron chi connectivity index (χ1n) is 5.93. The van der Waals surface area contributed by atoms with Gasteiger partial charge in [-0.25, -0.2) is 4.98 Å². The lowest BCUT2D eigenvalue weighted by atomic mass is 9.97. The van der Waals surface area contributed by atoms with E-state index >= 15 is 0 Å². The molecule has 7 heteroatoms. The van der Waals surface area contributed by atoms with Gasteiger partial charge in [0.15, 0.2) is 5.82 Å². The van der Waals surface area contributed by atoms with Crippen molar-refractivity contribution in [3.8, 4) is 0 Å². The highest BCUT2D eigenvalue weighted by molar-refractivity contribution is 5.79. The zero-order chi connectivity index (χ0) is 13.1. The summed E-state index contributed by atoms with van der Waals surface area (Å²) in [5.74, 6) is 0.403. The number of nitrogens with zero attached hydrogens (tertiary/aromatic N) is 2. The SMILES string of the molecule is CNC(=O)C1CCCN(c2nc[nH]c(=O)c2N)C1. The molecule has 7 nitrogen and oxygen atoms in total. The number of hydrogen-bond donors (Lipinski definition) is 3. The summed E-state index contributed by atoms with van der Waals surface area (Å²) in [6.45, 7) is 1.30. The molecule has 1 fully saturated rings. The normalized spacial score (nSPS) is 19.6. The van der Waals surface area contributed by atoms with Gasteiger partial charge in [0.25, 0.3) is 5.56 Å². The first-order chi connectivity index (χ1) is 8.63. The van der Waals surface area contributed by atoms with E-state index in [-0.39, 0.29) is 23.1 Å². The Kier molecular flexibility index (Phi) is 3.50. The van der Waals surface area contributed by atoms with Crippen molar-refractivity contribution in [1.29, 1.82) is 0 Å². The molecule has 0 saturated carbocycles. The highest BCUT2D eigenvalue weighted by Gasteiger charge is 2.27. The van der Waals surface area contributed by atoms with Crippen molar-refractivity contribution in [3.05, 3.63) is 16.7 Å². The molecule has 1 aromatic rings. The van der Waals surface area contributed by atoms with Crippen LogP contribution in [0, 0.1) is 5.92 Å². The maximum absolute atomic E-state index is 11.6. The second kappa shape index (κ2) is 5.07. The van der Waals surface area contributed by atoms with Gasteiger partial charge in [0.2, 0.25) is 5.91 Å². The molecule has 2 rings (SSSR count). The number of H-pyrrole nitrogens is 1. The Morgan fingerprint density at radius 2 is 2.44 bits per heavy atom. The Morgan fingerprint density at radius 3 is 3.17 bits per heavy atom. The van der Waals surface area contributed by atoms with Crippen LogP contribution < -0.4 is 21.5 Å². The monoisotopic (exact) mass is 251 g/mol. The lowest BCUT2D eigenvalue weighted by molar-refractivity contribution is -0.124. The lowest BCUT2D eigenvalue weighted by Gasteiger charge is -2.32. The summed E-state index contributed by atoms with van der Waals surface area (Å²) in [6, 6.07) is 0. The van der Waals surface area contributed by atoms with E-state index in [0.29, 0.717) is 12.4 Å². The molecule has 1 unspecified atom stereocenters. The molecule has 1 amide bonds. The Balaban J connectivity index is 2.21. The highest BCUT2D eigenvalue weighted by atomic mass is 16.1. The van der Waals surface area contributed by atoms with Gasteiger partial charge < -0.3 is 20.9 Å². The highest BCUT2D eigenvalue weighted by Crippen LogP contribution is 2.23. The molecule has 2 heterocycles. The minimum atomic E-state index is -0.345. The smallest absolute Gasteiger partial charge is 0.276 e. The van der Waals surface area contributed by atoms with Crippen LogP contribution in [0.25, 0.3) is 0 Å². The molecule has 18 heavy (non-hydrogen) atoms. The quantitative estimate of drug-likeness (QED) is 0.645. The molecular weight excluding hydrogens is 234 g/mol. The largest absolute Gasteiger partial charge is 0.391 e. The molecule has 1 aliphatic heterocycles. The van der Waals surface area contributed by atoms with Gasteiger partial charge in [-0.15, -0.1) is 0 Å². The van der Waals surface area contributed by atoms with Crippen molar-refractivity contribution in [2.45, 2.75) is 12.8 Å². The number of piperidine rings is 1. The number of aromatic amines is 1. The van der Waals surface area contributed by atoms with Crippen molar-refractivity contribution in [3.63, 3.8) is 0 Å². The molecule has 0 radical (unpaired) electrons. The Labute approximate surface area is 104 Å². The van der Waals surface area contributed by atoms with Crippen LogP contribution in [-0.4, -0.2) is 36.0 Å². The van der Waals surface area contributed by atoms with Crippen LogP contribution in [0.5, 0.6) is 0 Å². The number of hydrogen-bond acceptors (Lipinski definition) is 5. The third-order valence-electron chi connectivity index (χ3n) is 3.21.